The molecule has 5 heteroatoms. The molecule has 0 aliphatic heterocycles. The lowest BCUT2D eigenvalue weighted by molar-refractivity contribution is 0.0938. The van der Waals surface area contributed by atoms with Crippen molar-refractivity contribution in [3.05, 3.63) is 33.3 Å². The maximum absolute atomic E-state index is 12.1. The van der Waals surface area contributed by atoms with E-state index in [1.165, 1.54) is 0 Å². The molecule has 0 aromatic heterocycles. The first-order valence-electron chi connectivity index (χ1n) is 5.88. The van der Waals surface area contributed by atoms with Crippen LogP contribution in [0.15, 0.2) is 22.7 Å². The largest absolute Gasteiger partial charge is 0.350 e. The number of halogens is 2. The predicted molar refractivity (Wildman–Crippen MR) is 83.7 cm³/mol. The summed E-state index contributed by atoms with van der Waals surface area (Å²) in [5, 5.41) is 3.55. The molecule has 0 heterocycles. The Morgan fingerprint density at radius 1 is 1.56 bits per heavy atom. The monoisotopic (exact) mass is 349 g/mol. The van der Waals surface area contributed by atoms with E-state index in [-0.39, 0.29) is 11.9 Å². The highest BCUT2D eigenvalue weighted by Crippen LogP contribution is 2.21. The van der Waals surface area contributed by atoms with E-state index in [2.05, 4.69) is 28.2 Å². The summed E-state index contributed by atoms with van der Waals surface area (Å²) in [5.74, 6) is 2.09. The molecule has 2 nitrogen and oxygen atoms in total. The fraction of sp³-hybridized carbons (Fsp3) is 0.462. The summed E-state index contributed by atoms with van der Waals surface area (Å²) in [6, 6.07) is 5.38. The van der Waals surface area contributed by atoms with Gasteiger partial charge in [-0.05, 0) is 59.0 Å². The molecule has 0 saturated heterocycles. The minimum Gasteiger partial charge on any atom is -0.350 e. The number of hydrogen-bond donors (Lipinski definition) is 1. The summed E-state index contributed by atoms with van der Waals surface area (Å²) < 4.78 is 0.763. The Bertz CT molecular complexity index is 414. The number of nitrogens with one attached hydrogen (secondary N) is 1. The summed E-state index contributed by atoms with van der Waals surface area (Å²) in [6.07, 6.45) is 0.975. The molecule has 1 atom stereocenters. The van der Waals surface area contributed by atoms with Crippen LogP contribution in [0.3, 0.4) is 0 Å². The number of thioether (sulfide) groups is 1. The summed E-state index contributed by atoms with van der Waals surface area (Å²) in [7, 11) is 0. The molecule has 0 spiro atoms. The van der Waals surface area contributed by atoms with E-state index in [1.807, 2.05) is 18.7 Å². The van der Waals surface area contributed by atoms with Crippen molar-refractivity contribution in [3.63, 3.8) is 0 Å². The van der Waals surface area contributed by atoms with Crippen LogP contribution in [-0.2, 0) is 0 Å². The summed E-state index contributed by atoms with van der Waals surface area (Å²) in [4.78, 5) is 12.1. The van der Waals surface area contributed by atoms with Crippen LogP contribution < -0.4 is 5.32 Å². The maximum atomic E-state index is 12.1. The second-order valence-electron chi connectivity index (χ2n) is 3.98. The molecule has 1 aromatic carbocycles. The summed E-state index contributed by atoms with van der Waals surface area (Å²) in [6.45, 7) is 4.16. The van der Waals surface area contributed by atoms with Gasteiger partial charge in [0.05, 0.1) is 5.56 Å². The van der Waals surface area contributed by atoms with E-state index in [9.17, 15) is 4.79 Å². The number of amides is 1. The van der Waals surface area contributed by atoms with E-state index < -0.39 is 0 Å². The topological polar surface area (TPSA) is 29.1 Å². The first-order chi connectivity index (χ1) is 8.54. The van der Waals surface area contributed by atoms with Gasteiger partial charge in [0.25, 0.3) is 5.91 Å². The van der Waals surface area contributed by atoms with Crippen molar-refractivity contribution in [2.45, 2.75) is 26.3 Å². The van der Waals surface area contributed by atoms with Gasteiger partial charge in [0.15, 0.2) is 0 Å². The van der Waals surface area contributed by atoms with Gasteiger partial charge in [0, 0.05) is 15.5 Å². The average Bonchev–Trinajstić information content (AvgIpc) is 2.32. The SMILES string of the molecule is CCSCCC(C)NC(=O)c1cc(Cl)ccc1Br. The van der Waals surface area contributed by atoms with Crippen LogP contribution in [0.2, 0.25) is 5.02 Å². The van der Waals surface area contributed by atoms with Gasteiger partial charge >= 0.3 is 0 Å². The van der Waals surface area contributed by atoms with E-state index in [1.54, 1.807) is 18.2 Å². The minimum absolute atomic E-state index is 0.0848. The Morgan fingerprint density at radius 3 is 2.94 bits per heavy atom. The molecule has 100 valence electrons. The van der Waals surface area contributed by atoms with Crippen LogP contribution in [-0.4, -0.2) is 23.5 Å². The van der Waals surface area contributed by atoms with Crippen LogP contribution in [0.4, 0.5) is 0 Å². The minimum atomic E-state index is -0.0848. The van der Waals surface area contributed by atoms with Gasteiger partial charge in [0.2, 0.25) is 0 Å². The Hall–Kier alpha value is -0.190. The van der Waals surface area contributed by atoms with Gasteiger partial charge < -0.3 is 5.32 Å². The fourth-order valence-corrected chi connectivity index (χ4v) is 2.86. The van der Waals surface area contributed by atoms with Crippen molar-refractivity contribution in [2.75, 3.05) is 11.5 Å². The Balaban J connectivity index is 2.56. The van der Waals surface area contributed by atoms with E-state index in [0.717, 1.165) is 22.4 Å². The Labute approximate surface area is 126 Å². The van der Waals surface area contributed by atoms with Gasteiger partial charge in [-0.15, -0.1) is 0 Å². The highest BCUT2D eigenvalue weighted by molar-refractivity contribution is 9.10. The van der Waals surface area contributed by atoms with Crippen molar-refractivity contribution in [1.29, 1.82) is 0 Å². The molecule has 0 radical (unpaired) electrons. The number of hydrogen-bond acceptors (Lipinski definition) is 2. The summed E-state index contributed by atoms with van der Waals surface area (Å²) in [5.41, 5.74) is 0.581. The van der Waals surface area contributed by atoms with Crippen molar-refractivity contribution in [1.82, 2.24) is 5.32 Å². The van der Waals surface area contributed by atoms with Crippen LogP contribution in [0, 0.1) is 0 Å². The van der Waals surface area contributed by atoms with Gasteiger partial charge in [-0.3, -0.25) is 4.79 Å². The third-order valence-corrected chi connectivity index (χ3v) is 4.31. The van der Waals surface area contributed by atoms with Gasteiger partial charge in [-0.1, -0.05) is 18.5 Å². The molecule has 0 aliphatic rings. The molecule has 18 heavy (non-hydrogen) atoms. The van der Waals surface area contributed by atoms with Crippen LogP contribution in [0.1, 0.15) is 30.6 Å². The number of carbonyl (C=O) groups is 1. The average molecular weight is 351 g/mol. The Kier molecular flexibility index (Phi) is 7.12. The van der Waals surface area contributed by atoms with Gasteiger partial charge in [-0.25, -0.2) is 0 Å². The molecular weight excluding hydrogens is 334 g/mol. The molecule has 1 aromatic rings. The molecule has 0 saturated carbocycles. The lowest BCUT2D eigenvalue weighted by Gasteiger charge is -2.14. The standard InChI is InChI=1S/C13H17BrClNOS/c1-3-18-7-6-9(2)16-13(17)11-8-10(15)4-5-12(11)14/h4-5,8-9H,3,6-7H2,1-2H3,(H,16,17). The molecule has 0 fully saturated rings. The lowest BCUT2D eigenvalue weighted by Crippen LogP contribution is -2.33. The first kappa shape index (κ1) is 15.9. The zero-order valence-corrected chi connectivity index (χ0v) is 13.7. The smallest absolute Gasteiger partial charge is 0.252 e. The normalized spacial score (nSPS) is 12.2. The quantitative estimate of drug-likeness (QED) is 0.772. The predicted octanol–water partition coefficient (Wildman–Crippen LogP) is 4.36. The second kappa shape index (κ2) is 8.08. The zero-order valence-electron chi connectivity index (χ0n) is 10.5. The second-order valence-corrected chi connectivity index (χ2v) is 6.67. The van der Waals surface area contributed by atoms with E-state index in [4.69, 9.17) is 11.6 Å². The first-order valence-corrected chi connectivity index (χ1v) is 8.20. The Morgan fingerprint density at radius 2 is 2.28 bits per heavy atom. The molecule has 1 rings (SSSR count). The van der Waals surface area contributed by atoms with Crippen LogP contribution in [0.5, 0.6) is 0 Å². The molecule has 0 aliphatic carbocycles. The van der Waals surface area contributed by atoms with Gasteiger partial charge in [-0.2, -0.15) is 11.8 Å². The number of benzene rings is 1. The molecular formula is C13H17BrClNOS. The van der Waals surface area contributed by atoms with Crippen molar-refractivity contribution < 1.29 is 4.79 Å². The molecule has 1 unspecified atom stereocenters. The zero-order chi connectivity index (χ0) is 13.5. The third kappa shape index (κ3) is 5.21. The fourth-order valence-electron chi connectivity index (χ4n) is 1.45. The van der Waals surface area contributed by atoms with E-state index in [0.29, 0.717) is 10.6 Å². The third-order valence-electron chi connectivity index (χ3n) is 2.45. The van der Waals surface area contributed by atoms with Crippen molar-refractivity contribution in [2.24, 2.45) is 0 Å². The number of carbonyl (C=O) groups excluding carboxylic acids is 1. The summed E-state index contributed by atoms with van der Waals surface area (Å²) >= 11 is 11.1. The van der Waals surface area contributed by atoms with Crippen LogP contribution in [0.25, 0.3) is 0 Å². The lowest BCUT2D eigenvalue weighted by atomic mass is 10.2. The maximum Gasteiger partial charge on any atom is 0.252 e. The molecule has 0 bridgehead atoms. The highest BCUT2D eigenvalue weighted by atomic mass is 79.9. The number of rotatable bonds is 6. The van der Waals surface area contributed by atoms with Crippen molar-refractivity contribution >= 4 is 45.2 Å². The van der Waals surface area contributed by atoms with Gasteiger partial charge in [0.1, 0.15) is 0 Å². The highest BCUT2D eigenvalue weighted by Gasteiger charge is 2.13. The molecule has 1 amide bonds. The van der Waals surface area contributed by atoms with Crippen LogP contribution >= 0.6 is 39.3 Å². The van der Waals surface area contributed by atoms with E-state index >= 15 is 0 Å². The molecule has 1 N–H and O–H groups in total. The van der Waals surface area contributed by atoms with Crippen molar-refractivity contribution in [3.8, 4) is 0 Å².